The molecule has 3 heteroatoms. The highest BCUT2D eigenvalue weighted by molar-refractivity contribution is 7.99. The summed E-state index contributed by atoms with van der Waals surface area (Å²) in [6.45, 7) is 6.05. The molecule has 0 heterocycles. The Morgan fingerprint density at radius 3 is 2.80 bits per heavy atom. The highest BCUT2D eigenvalue weighted by Gasteiger charge is 1.97. The van der Waals surface area contributed by atoms with Crippen LogP contribution in [-0.2, 0) is 0 Å². The van der Waals surface area contributed by atoms with Crippen LogP contribution < -0.4 is 11.1 Å². The Morgan fingerprint density at radius 2 is 2.30 bits per heavy atom. The van der Waals surface area contributed by atoms with Crippen LogP contribution in [0.4, 0.5) is 0 Å². The maximum Gasteiger partial charge on any atom is 0.0130 e. The molecule has 0 bridgehead atoms. The molecule has 0 amide bonds. The summed E-state index contributed by atoms with van der Waals surface area (Å²) in [5.74, 6) is 2.39. The van der Waals surface area contributed by atoms with E-state index in [9.17, 15) is 0 Å². The van der Waals surface area contributed by atoms with Crippen LogP contribution >= 0.6 is 11.8 Å². The van der Waals surface area contributed by atoms with Gasteiger partial charge >= 0.3 is 0 Å². The van der Waals surface area contributed by atoms with Crippen molar-refractivity contribution in [1.29, 1.82) is 0 Å². The second kappa shape index (κ2) is 7.38. The summed E-state index contributed by atoms with van der Waals surface area (Å²) in [6, 6.07) is 0.605. The lowest BCUT2D eigenvalue weighted by Gasteiger charge is -2.11. The fraction of sp³-hybridized carbons (Fsp3) is 1.00. The Bertz CT molecular complexity index is 60.6. The van der Waals surface area contributed by atoms with Gasteiger partial charge in [0.25, 0.3) is 0 Å². The largest absolute Gasteiger partial charge is 0.329 e. The fourth-order valence-electron chi connectivity index (χ4n) is 0.683. The number of nitrogens with one attached hydrogen (secondary N) is 1. The van der Waals surface area contributed by atoms with Crippen molar-refractivity contribution in [3.05, 3.63) is 0 Å². The first-order chi connectivity index (χ1) is 4.81. The molecule has 0 saturated carbocycles. The van der Waals surface area contributed by atoms with E-state index < -0.39 is 0 Å². The van der Waals surface area contributed by atoms with Gasteiger partial charge in [0, 0.05) is 24.9 Å². The van der Waals surface area contributed by atoms with E-state index in [0.717, 1.165) is 13.1 Å². The predicted octanol–water partition coefficient (Wildman–Crippen LogP) is 0.676. The first-order valence-corrected chi connectivity index (χ1v) is 4.98. The van der Waals surface area contributed by atoms with E-state index in [1.807, 2.05) is 11.8 Å². The standard InChI is InChI=1S/C7H18N2S/c1-3-10-6-7(2)9-5-4-8/h7,9H,3-6,8H2,1-2H3. The summed E-state index contributed by atoms with van der Waals surface area (Å²) >= 11 is 1.96. The van der Waals surface area contributed by atoms with Gasteiger partial charge in [0.15, 0.2) is 0 Å². The van der Waals surface area contributed by atoms with E-state index >= 15 is 0 Å². The zero-order chi connectivity index (χ0) is 7.82. The van der Waals surface area contributed by atoms with Crippen LogP contribution in [0.25, 0.3) is 0 Å². The summed E-state index contributed by atoms with van der Waals surface area (Å²) in [5.41, 5.74) is 5.34. The predicted molar refractivity (Wildman–Crippen MR) is 49.5 cm³/mol. The quantitative estimate of drug-likeness (QED) is 0.603. The summed E-state index contributed by atoms with van der Waals surface area (Å²) in [5, 5.41) is 3.32. The summed E-state index contributed by atoms with van der Waals surface area (Å²) < 4.78 is 0. The minimum absolute atomic E-state index is 0.605. The van der Waals surface area contributed by atoms with Crippen molar-refractivity contribution >= 4 is 11.8 Å². The molecule has 10 heavy (non-hydrogen) atoms. The van der Waals surface area contributed by atoms with Crippen molar-refractivity contribution in [2.75, 3.05) is 24.6 Å². The van der Waals surface area contributed by atoms with E-state index in [2.05, 4.69) is 19.2 Å². The molecule has 0 spiro atoms. The molecule has 0 aromatic rings. The van der Waals surface area contributed by atoms with Gasteiger partial charge < -0.3 is 11.1 Å². The Kier molecular flexibility index (Phi) is 7.58. The van der Waals surface area contributed by atoms with Crippen LogP contribution in [0.15, 0.2) is 0 Å². The maximum absolute atomic E-state index is 5.34. The van der Waals surface area contributed by atoms with Crippen LogP contribution in [0.5, 0.6) is 0 Å². The highest BCUT2D eigenvalue weighted by atomic mass is 32.2. The minimum Gasteiger partial charge on any atom is -0.329 e. The average Bonchev–Trinajstić information content (AvgIpc) is 1.97. The Labute approximate surface area is 67.9 Å². The second-order valence-corrected chi connectivity index (χ2v) is 3.62. The molecule has 3 N–H and O–H groups in total. The molecule has 0 aliphatic rings. The lowest BCUT2D eigenvalue weighted by Crippen LogP contribution is -2.32. The molecular formula is C7H18N2S. The fourth-order valence-corrected chi connectivity index (χ4v) is 1.39. The molecule has 0 aromatic carbocycles. The monoisotopic (exact) mass is 162 g/mol. The third-order valence-electron chi connectivity index (χ3n) is 1.21. The van der Waals surface area contributed by atoms with Gasteiger partial charge in [-0.15, -0.1) is 0 Å². The smallest absolute Gasteiger partial charge is 0.0130 e. The topological polar surface area (TPSA) is 38.0 Å². The van der Waals surface area contributed by atoms with Crippen LogP contribution in [0.3, 0.4) is 0 Å². The van der Waals surface area contributed by atoms with Gasteiger partial charge in [0.2, 0.25) is 0 Å². The highest BCUT2D eigenvalue weighted by Crippen LogP contribution is 2.00. The van der Waals surface area contributed by atoms with E-state index in [0.29, 0.717) is 6.04 Å². The van der Waals surface area contributed by atoms with Crippen molar-refractivity contribution in [2.45, 2.75) is 19.9 Å². The number of rotatable bonds is 6. The van der Waals surface area contributed by atoms with Crippen LogP contribution in [0, 0.1) is 0 Å². The zero-order valence-corrected chi connectivity index (χ0v) is 7.71. The molecule has 0 aliphatic carbocycles. The van der Waals surface area contributed by atoms with E-state index in [-0.39, 0.29) is 0 Å². The summed E-state index contributed by atoms with van der Waals surface area (Å²) in [4.78, 5) is 0. The lowest BCUT2D eigenvalue weighted by molar-refractivity contribution is 0.603. The number of nitrogens with two attached hydrogens (primary N) is 1. The molecule has 0 rings (SSSR count). The van der Waals surface area contributed by atoms with E-state index in [1.54, 1.807) is 0 Å². The van der Waals surface area contributed by atoms with Crippen LogP contribution in [0.2, 0.25) is 0 Å². The van der Waals surface area contributed by atoms with Crippen molar-refractivity contribution in [3.8, 4) is 0 Å². The van der Waals surface area contributed by atoms with Crippen molar-refractivity contribution in [2.24, 2.45) is 5.73 Å². The third-order valence-corrected chi connectivity index (χ3v) is 2.35. The normalized spacial score (nSPS) is 13.5. The van der Waals surface area contributed by atoms with Crippen molar-refractivity contribution in [3.63, 3.8) is 0 Å². The number of hydrogen-bond donors (Lipinski definition) is 2. The Hall–Kier alpha value is 0.270. The lowest BCUT2D eigenvalue weighted by atomic mass is 10.4. The van der Waals surface area contributed by atoms with Gasteiger partial charge in [0.05, 0.1) is 0 Å². The van der Waals surface area contributed by atoms with Gasteiger partial charge in [-0.05, 0) is 12.7 Å². The Morgan fingerprint density at radius 1 is 1.60 bits per heavy atom. The zero-order valence-electron chi connectivity index (χ0n) is 6.89. The molecule has 0 saturated heterocycles. The Balaban J connectivity index is 3.00. The van der Waals surface area contributed by atoms with Crippen molar-refractivity contribution < 1.29 is 0 Å². The van der Waals surface area contributed by atoms with Gasteiger partial charge in [-0.3, -0.25) is 0 Å². The number of thioether (sulfide) groups is 1. The molecule has 1 unspecified atom stereocenters. The van der Waals surface area contributed by atoms with E-state index in [4.69, 9.17) is 5.73 Å². The molecule has 0 radical (unpaired) electrons. The maximum atomic E-state index is 5.34. The summed E-state index contributed by atoms with van der Waals surface area (Å²) in [6.07, 6.45) is 0. The molecule has 0 fully saturated rings. The van der Waals surface area contributed by atoms with Gasteiger partial charge in [0.1, 0.15) is 0 Å². The van der Waals surface area contributed by atoms with Crippen LogP contribution in [-0.4, -0.2) is 30.6 Å². The average molecular weight is 162 g/mol. The summed E-state index contributed by atoms with van der Waals surface area (Å²) in [7, 11) is 0. The minimum atomic E-state index is 0.605. The first kappa shape index (κ1) is 10.3. The molecule has 0 aliphatic heterocycles. The molecular weight excluding hydrogens is 144 g/mol. The van der Waals surface area contributed by atoms with E-state index in [1.165, 1.54) is 11.5 Å². The number of hydrogen-bond acceptors (Lipinski definition) is 3. The van der Waals surface area contributed by atoms with Gasteiger partial charge in [-0.2, -0.15) is 11.8 Å². The third kappa shape index (κ3) is 6.39. The molecule has 0 aromatic heterocycles. The molecule has 2 nitrogen and oxygen atoms in total. The van der Waals surface area contributed by atoms with Crippen molar-refractivity contribution in [1.82, 2.24) is 5.32 Å². The van der Waals surface area contributed by atoms with Gasteiger partial charge in [-0.1, -0.05) is 6.92 Å². The second-order valence-electron chi connectivity index (χ2n) is 2.30. The molecule has 62 valence electrons. The van der Waals surface area contributed by atoms with Crippen LogP contribution in [0.1, 0.15) is 13.8 Å². The SMILES string of the molecule is CCSCC(C)NCCN. The first-order valence-electron chi connectivity index (χ1n) is 3.82. The van der Waals surface area contributed by atoms with Gasteiger partial charge in [-0.25, -0.2) is 0 Å². The molecule has 1 atom stereocenters.